The van der Waals surface area contributed by atoms with Gasteiger partial charge in [-0.3, -0.25) is 4.79 Å². The van der Waals surface area contributed by atoms with E-state index < -0.39 is 12.1 Å². The van der Waals surface area contributed by atoms with E-state index in [9.17, 15) is 9.59 Å². The van der Waals surface area contributed by atoms with Crippen LogP contribution in [0.4, 0.5) is 4.79 Å². The van der Waals surface area contributed by atoms with Crippen molar-refractivity contribution >= 4 is 12.1 Å². The molecule has 0 heterocycles. The summed E-state index contributed by atoms with van der Waals surface area (Å²) in [5.74, 6) is -0.412. The van der Waals surface area contributed by atoms with Crippen molar-refractivity contribution in [1.29, 1.82) is 0 Å². The van der Waals surface area contributed by atoms with Crippen molar-refractivity contribution in [3.8, 4) is 5.75 Å². The SMILES string of the molecule is CN(CCC(=O)O)C(=O)Oc1ccc2c(c1)CCC2. The first-order valence-corrected chi connectivity index (χ1v) is 6.33. The third-order valence-corrected chi connectivity index (χ3v) is 3.25. The molecule has 0 aromatic heterocycles. The fourth-order valence-corrected chi connectivity index (χ4v) is 2.15. The number of benzene rings is 1. The Labute approximate surface area is 111 Å². The minimum Gasteiger partial charge on any atom is -0.481 e. The largest absolute Gasteiger partial charge is 0.481 e. The Morgan fingerprint density at radius 3 is 2.79 bits per heavy atom. The maximum absolute atomic E-state index is 11.7. The monoisotopic (exact) mass is 263 g/mol. The number of rotatable bonds is 4. The van der Waals surface area contributed by atoms with Crippen LogP contribution in [0.3, 0.4) is 0 Å². The van der Waals surface area contributed by atoms with E-state index in [0.29, 0.717) is 5.75 Å². The fourth-order valence-electron chi connectivity index (χ4n) is 2.15. The number of carbonyl (C=O) groups excluding carboxylic acids is 1. The Kier molecular flexibility index (Phi) is 4.04. The molecule has 5 heteroatoms. The van der Waals surface area contributed by atoms with Crippen LogP contribution in [-0.2, 0) is 17.6 Å². The molecule has 1 amide bonds. The van der Waals surface area contributed by atoms with Crippen LogP contribution < -0.4 is 4.74 Å². The lowest BCUT2D eigenvalue weighted by Crippen LogP contribution is -2.31. The summed E-state index contributed by atoms with van der Waals surface area (Å²) in [6, 6.07) is 5.67. The smallest absolute Gasteiger partial charge is 0.414 e. The minimum absolute atomic E-state index is 0.0875. The van der Waals surface area contributed by atoms with Gasteiger partial charge in [0.25, 0.3) is 0 Å². The number of aliphatic carboxylic acids is 1. The van der Waals surface area contributed by atoms with Crippen LogP contribution in [0, 0.1) is 0 Å². The molecule has 102 valence electrons. The second-order valence-corrected chi connectivity index (χ2v) is 4.72. The fraction of sp³-hybridized carbons (Fsp3) is 0.429. The molecule has 0 aliphatic heterocycles. The van der Waals surface area contributed by atoms with Crippen molar-refractivity contribution in [1.82, 2.24) is 4.90 Å². The highest BCUT2D eigenvalue weighted by atomic mass is 16.6. The quantitative estimate of drug-likeness (QED) is 0.903. The zero-order valence-corrected chi connectivity index (χ0v) is 10.9. The predicted octanol–water partition coefficient (Wildman–Crippen LogP) is 2.08. The van der Waals surface area contributed by atoms with Gasteiger partial charge < -0.3 is 14.7 Å². The number of hydrogen-bond donors (Lipinski definition) is 1. The highest BCUT2D eigenvalue weighted by Crippen LogP contribution is 2.26. The van der Waals surface area contributed by atoms with E-state index in [1.165, 1.54) is 23.1 Å². The van der Waals surface area contributed by atoms with Gasteiger partial charge in [0, 0.05) is 13.6 Å². The molecule has 0 spiro atoms. The molecule has 1 aromatic rings. The molecule has 1 N–H and O–H groups in total. The number of fused-ring (bicyclic) bond motifs is 1. The van der Waals surface area contributed by atoms with E-state index in [0.717, 1.165) is 19.3 Å². The first-order chi connectivity index (χ1) is 9.06. The van der Waals surface area contributed by atoms with Crippen LogP contribution in [0.25, 0.3) is 0 Å². The Morgan fingerprint density at radius 1 is 1.32 bits per heavy atom. The molecule has 1 aliphatic carbocycles. The summed E-state index contributed by atoms with van der Waals surface area (Å²) in [6.07, 6.45) is 2.64. The number of carbonyl (C=O) groups is 2. The zero-order valence-electron chi connectivity index (χ0n) is 10.9. The van der Waals surface area contributed by atoms with Gasteiger partial charge in [-0.1, -0.05) is 6.07 Å². The lowest BCUT2D eigenvalue weighted by molar-refractivity contribution is -0.137. The van der Waals surface area contributed by atoms with Gasteiger partial charge in [0.2, 0.25) is 0 Å². The third kappa shape index (κ3) is 3.47. The number of carboxylic acid groups (broad SMARTS) is 1. The molecule has 1 aliphatic rings. The van der Waals surface area contributed by atoms with E-state index in [4.69, 9.17) is 9.84 Å². The molecule has 0 unspecified atom stereocenters. The Balaban J connectivity index is 1.93. The number of nitrogens with zero attached hydrogens (tertiary/aromatic N) is 1. The Bertz CT molecular complexity index is 498. The van der Waals surface area contributed by atoms with E-state index in [1.807, 2.05) is 12.1 Å². The van der Waals surface area contributed by atoms with Crippen LogP contribution in [0.15, 0.2) is 18.2 Å². The number of amides is 1. The summed E-state index contributed by atoms with van der Waals surface area (Å²) in [4.78, 5) is 23.4. The van der Waals surface area contributed by atoms with E-state index in [2.05, 4.69) is 0 Å². The third-order valence-electron chi connectivity index (χ3n) is 3.25. The molecule has 0 saturated heterocycles. The molecule has 0 fully saturated rings. The highest BCUT2D eigenvalue weighted by Gasteiger charge is 2.15. The Morgan fingerprint density at radius 2 is 2.05 bits per heavy atom. The lowest BCUT2D eigenvalue weighted by Gasteiger charge is -2.16. The van der Waals surface area contributed by atoms with E-state index in [1.54, 1.807) is 6.07 Å². The standard InChI is InChI=1S/C14H17NO4/c1-15(8-7-13(16)17)14(18)19-12-6-5-10-3-2-4-11(10)9-12/h5-6,9H,2-4,7-8H2,1H3,(H,16,17). The van der Waals surface area contributed by atoms with E-state index in [-0.39, 0.29) is 13.0 Å². The van der Waals surface area contributed by atoms with Crippen molar-refractivity contribution in [3.05, 3.63) is 29.3 Å². The first kappa shape index (κ1) is 13.4. The van der Waals surface area contributed by atoms with Gasteiger partial charge >= 0.3 is 12.1 Å². The van der Waals surface area contributed by atoms with Crippen LogP contribution in [-0.4, -0.2) is 35.7 Å². The van der Waals surface area contributed by atoms with Crippen LogP contribution >= 0.6 is 0 Å². The van der Waals surface area contributed by atoms with Crippen molar-refractivity contribution < 1.29 is 19.4 Å². The van der Waals surface area contributed by atoms with Gasteiger partial charge in [0.05, 0.1) is 6.42 Å². The maximum atomic E-state index is 11.7. The summed E-state index contributed by atoms with van der Waals surface area (Å²) in [7, 11) is 1.53. The first-order valence-electron chi connectivity index (χ1n) is 6.33. The molecule has 0 saturated carbocycles. The molecule has 0 radical (unpaired) electrons. The summed E-state index contributed by atoms with van der Waals surface area (Å²) < 4.78 is 5.23. The van der Waals surface area contributed by atoms with Crippen LogP contribution in [0.1, 0.15) is 24.0 Å². The second kappa shape index (κ2) is 5.73. The zero-order chi connectivity index (χ0) is 13.8. The molecule has 2 rings (SSSR count). The lowest BCUT2D eigenvalue weighted by atomic mass is 10.1. The van der Waals surface area contributed by atoms with Crippen molar-refractivity contribution in [2.45, 2.75) is 25.7 Å². The second-order valence-electron chi connectivity index (χ2n) is 4.72. The van der Waals surface area contributed by atoms with Crippen molar-refractivity contribution in [3.63, 3.8) is 0 Å². The minimum atomic E-state index is -0.933. The molecule has 0 atom stereocenters. The maximum Gasteiger partial charge on any atom is 0.414 e. The van der Waals surface area contributed by atoms with E-state index >= 15 is 0 Å². The summed E-state index contributed by atoms with van der Waals surface area (Å²) in [5, 5.41) is 8.56. The van der Waals surface area contributed by atoms with Crippen molar-refractivity contribution in [2.24, 2.45) is 0 Å². The molecule has 5 nitrogen and oxygen atoms in total. The molecular formula is C14H17NO4. The van der Waals surface area contributed by atoms with Crippen LogP contribution in [0.2, 0.25) is 0 Å². The number of ether oxygens (including phenoxy) is 1. The molecular weight excluding hydrogens is 246 g/mol. The molecule has 0 bridgehead atoms. The predicted molar refractivity (Wildman–Crippen MR) is 69.4 cm³/mol. The summed E-state index contributed by atoms with van der Waals surface area (Å²) in [5.41, 5.74) is 2.55. The average Bonchev–Trinajstić information content (AvgIpc) is 2.83. The van der Waals surface area contributed by atoms with Gasteiger partial charge in [-0.2, -0.15) is 0 Å². The van der Waals surface area contributed by atoms with Gasteiger partial charge in [-0.25, -0.2) is 4.79 Å². The van der Waals surface area contributed by atoms with Gasteiger partial charge in [-0.05, 0) is 42.5 Å². The van der Waals surface area contributed by atoms with Gasteiger partial charge in [0.15, 0.2) is 0 Å². The number of carboxylic acids is 1. The molecule has 1 aromatic carbocycles. The Hall–Kier alpha value is -2.04. The summed E-state index contributed by atoms with van der Waals surface area (Å²) >= 11 is 0. The van der Waals surface area contributed by atoms with Crippen LogP contribution in [0.5, 0.6) is 5.75 Å². The van der Waals surface area contributed by atoms with Gasteiger partial charge in [-0.15, -0.1) is 0 Å². The number of aryl methyl sites for hydroxylation is 2. The van der Waals surface area contributed by atoms with Gasteiger partial charge in [0.1, 0.15) is 5.75 Å². The average molecular weight is 263 g/mol. The normalized spacial score (nSPS) is 12.9. The topological polar surface area (TPSA) is 66.8 Å². The summed E-state index contributed by atoms with van der Waals surface area (Å²) in [6.45, 7) is 0.138. The number of hydrogen-bond acceptors (Lipinski definition) is 3. The highest BCUT2D eigenvalue weighted by molar-refractivity contribution is 5.72. The van der Waals surface area contributed by atoms with Crippen molar-refractivity contribution in [2.75, 3.05) is 13.6 Å². The molecule has 19 heavy (non-hydrogen) atoms.